The van der Waals surface area contributed by atoms with Crippen LogP contribution in [0.1, 0.15) is 42.3 Å². The van der Waals surface area contributed by atoms with E-state index in [-0.39, 0.29) is 29.6 Å². The fourth-order valence-corrected chi connectivity index (χ4v) is 4.03. The molecular weight excluding hydrogens is 327 g/mol. The van der Waals surface area contributed by atoms with Gasteiger partial charge in [-0.1, -0.05) is 48.5 Å². The van der Waals surface area contributed by atoms with Crippen LogP contribution in [0.3, 0.4) is 0 Å². The minimum Gasteiger partial charge on any atom is -0.348 e. The van der Waals surface area contributed by atoms with E-state index in [1.54, 1.807) is 12.1 Å². The second-order valence-electron chi connectivity index (χ2n) is 7.45. The minimum absolute atomic E-state index is 0.0105. The molecule has 2 aromatic carbocycles. The van der Waals surface area contributed by atoms with Crippen LogP contribution in [0.4, 0.5) is 4.39 Å². The minimum atomic E-state index is -0.204. The number of rotatable bonds is 6. The SMILES string of the molecule is O=C(NC(CN1CCCC1)c1ccccc1)C1CC1c1ccccc1F. The van der Waals surface area contributed by atoms with E-state index in [0.29, 0.717) is 5.56 Å². The molecule has 4 heteroatoms. The van der Waals surface area contributed by atoms with Crippen LogP contribution in [-0.4, -0.2) is 30.4 Å². The zero-order chi connectivity index (χ0) is 17.9. The molecule has 1 saturated carbocycles. The topological polar surface area (TPSA) is 32.3 Å². The summed E-state index contributed by atoms with van der Waals surface area (Å²) in [5.41, 5.74) is 1.80. The predicted molar refractivity (Wildman–Crippen MR) is 100 cm³/mol. The number of nitrogens with one attached hydrogen (secondary N) is 1. The third kappa shape index (κ3) is 3.80. The third-order valence-electron chi connectivity index (χ3n) is 5.59. The molecule has 2 aromatic rings. The molecule has 136 valence electrons. The molecule has 1 amide bonds. The van der Waals surface area contributed by atoms with Gasteiger partial charge in [-0.3, -0.25) is 4.79 Å². The van der Waals surface area contributed by atoms with Crippen LogP contribution in [0.2, 0.25) is 0 Å². The lowest BCUT2D eigenvalue weighted by molar-refractivity contribution is -0.123. The van der Waals surface area contributed by atoms with Gasteiger partial charge in [0.05, 0.1) is 6.04 Å². The van der Waals surface area contributed by atoms with Crippen molar-refractivity contribution < 1.29 is 9.18 Å². The van der Waals surface area contributed by atoms with Gasteiger partial charge in [0.15, 0.2) is 0 Å². The number of hydrogen-bond acceptors (Lipinski definition) is 2. The van der Waals surface area contributed by atoms with Crippen molar-refractivity contribution in [1.82, 2.24) is 10.2 Å². The molecule has 1 aliphatic carbocycles. The molecule has 0 spiro atoms. The Kier molecular flexibility index (Phi) is 5.02. The van der Waals surface area contributed by atoms with E-state index >= 15 is 0 Å². The van der Waals surface area contributed by atoms with Gasteiger partial charge in [-0.2, -0.15) is 0 Å². The number of halogens is 1. The zero-order valence-corrected chi connectivity index (χ0v) is 14.9. The first-order valence-corrected chi connectivity index (χ1v) is 9.54. The van der Waals surface area contributed by atoms with E-state index in [2.05, 4.69) is 22.3 Å². The second kappa shape index (κ2) is 7.58. The van der Waals surface area contributed by atoms with Crippen molar-refractivity contribution in [3.05, 3.63) is 71.5 Å². The van der Waals surface area contributed by atoms with Crippen molar-refractivity contribution in [2.75, 3.05) is 19.6 Å². The molecule has 3 unspecified atom stereocenters. The summed E-state index contributed by atoms with van der Waals surface area (Å²) in [6, 6.07) is 17.0. The standard InChI is InChI=1S/C22H25FN2O/c23-20-11-5-4-10-17(20)18-14-19(18)22(26)24-21(15-25-12-6-7-13-25)16-8-2-1-3-9-16/h1-5,8-11,18-19,21H,6-7,12-15H2,(H,24,26). The van der Waals surface area contributed by atoms with Crippen molar-refractivity contribution in [1.29, 1.82) is 0 Å². The highest BCUT2D eigenvalue weighted by molar-refractivity contribution is 5.83. The molecule has 2 fully saturated rings. The van der Waals surface area contributed by atoms with E-state index in [1.807, 2.05) is 24.3 Å². The van der Waals surface area contributed by atoms with E-state index in [0.717, 1.165) is 31.6 Å². The number of nitrogens with zero attached hydrogens (tertiary/aromatic N) is 1. The van der Waals surface area contributed by atoms with Crippen molar-refractivity contribution in [3.63, 3.8) is 0 Å². The Bertz CT molecular complexity index is 758. The summed E-state index contributed by atoms with van der Waals surface area (Å²) < 4.78 is 14.0. The summed E-state index contributed by atoms with van der Waals surface area (Å²) in [5.74, 6) is -0.258. The van der Waals surface area contributed by atoms with Crippen LogP contribution in [0.25, 0.3) is 0 Å². The molecule has 0 bridgehead atoms. The van der Waals surface area contributed by atoms with E-state index < -0.39 is 0 Å². The fraction of sp³-hybridized carbons (Fsp3) is 0.409. The van der Waals surface area contributed by atoms with Crippen LogP contribution in [0, 0.1) is 11.7 Å². The lowest BCUT2D eigenvalue weighted by Crippen LogP contribution is -2.37. The monoisotopic (exact) mass is 352 g/mol. The van der Waals surface area contributed by atoms with Gasteiger partial charge >= 0.3 is 0 Å². The summed E-state index contributed by atoms with van der Waals surface area (Å²) >= 11 is 0. The van der Waals surface area contributed by atoms with Crippen molar-refractivity contribution in [3.8, 4) is 0 Å². The summed E-state index contributed by atoms with van der Waals surface area (Å²) in [7, 11) is 0. The highest BCUT2D eigenvalue weighted by atomic mass is 19.1. The molecule has 1 saturated heterocycles. The summed E-state index contributed by atoms with van der Waals surface area (Å²) in [4.78, 5) is 15.2. The summed E-state index contributed by atoms with van der Waals surface area (Å²) in [6.45, 7) is 3.04. The normalized spacial score (nSPS) is 23.6. The zero-order valence-electron chi connectivity index (χ0n) is 14.9. The number of carbonyl (C=O) groups excluding carboxylic acids is 1. The molecule has 4 rings (SSSR count). The van der Waals surface area contributed by atoms with Gasteiger partial charge in [0, 0.05) is 12.5 Å². The average molecular weight is 352 g/mol. The summed E-state index contributed by atoms with van der Waals surface area (Å²) in [5, 5.41) is 3.24. The Labute approximate surface area is 154 Å². The van der Waals surface area contributed by atoms with Crippen LogP contribution in [0.5, 0.6) is 0 Å². The van der Waals surface area contributed by atoms with E-state index in [1.165, 1.54) is 18.9 Å². The number of hydrogen-bond donors (Lipinski definition) is 1. The van der Waals surface area contributed by atoms with Gasteiger partial charge in [0.25, 0.3) is 0 Å². The molecule has 3 atom stereocenters. The third-order valence-corrected chi connectivity index (χ3v) is 5.59. The van der Waals surface area contributed by atoms with Crippen molar-refractivity contribution in [2.24, 2.45) is 5.92 Å². The molecule has 1 heterocycles. The van der Waals surface area contributed by atoms with Gasteiger partial charge in [0.2, 0.25) is 5.91 Å². The second-order valence-corrected chi connectivity index (χ2v) is 7.45. The molecule has 26 heavy (non-hydrogen) atoms. The molecule has 1 aliphatic heterocycles. The largest absolute Gasteiger partial charge is 0.348 e. The smallest absolute Gasteiger partial charge is 0.224 e. The Morgan fingerprint density at radius 3 is 2.50 bits per heavy atom. The molecule has 0 radical (unpaired) electrons. The first-order chi connectivity index (χ1) is 12.7. The van der Waals surface area contributed by atoms with Gasteiger partial charge in [-0.25, -0.2) is 4.39 Å². The molecule has 1 N–H and O–H groups in total. The predicted octanol–water partition coefficient (Wildman–Crippen LogP) is 3.88. The number of carbonyl (C=O) groups is 1. The average Bonchev–Trinajstić information content (AvgIpc) is 3.30. The quantitative estimate of drug-likeness (QED) is 0.856. The lowest BCUT2D eigenvalue weighted by atomic mass is 10.1. The molecule has 2 aliphatic rings. The molecule has 0 aromatic heterocycles. The Morgan fingerprint density at radius 2 is 1.77 bits per heavy atom. The highest BCUT2D eigenvalue weighted by Gasteiger charge is 2.45. The molecule has 3 nitrogen and oxygen atoms in total. The van der Waals surface area contributed by atoms with Gasteiger partial charge in [-0.15, -0.1) is 0 Å². The lowest BCUT2D eigenvalue weighted by Gasteiger charge is -2.25. The van der Waals surface area contributed by atoms with Crippen LogP contribution in [0.15, 0.2) is 54.6 Å². The number of amides is 1. The molecular formula is C22H25FN2O. The van der Waals surface area contributed by atoms with Crippen molar-refractivity contribution in [2.45, 2.75) is 31.2 Å². The maximum atomic E-state index is 14.0. The van der Waals surface area contributed by atoms with E-state index in [4.69, 9.17) is 0 Å². The van der Waals surface area contributed by atoms with Gasteiger partial charge in [-0.05, 0) is 55.5 Å². The first-order valence-electron chi connectivity index (χ1n) is 9.54. The van der Waals surface area contributed by atoms with Crippen LogP contribution in [-0.2, 0) is 4.79 Å². The van der Waals surface area contributed by atoms with Crippen molar-refractivity contribution >= 4 is 5.91 Å². The first kappa shape index (κ1) is 17.2. The highest BCUT2D eigenvalue weighted by Crippen LogP contribution is 2.48. The van der Waals surface area contributed by atoms with Crippen LogP contribution < -0.4 is 5.32 Å². The van der Waals surface area contributed by atoms with Crippen LogP contribution >= 0.6 is 0 Å². The Morgan fingerprint density at radius 1 is 1.08 bits per heavy atom. The Hall–Kier alpha value is -2.20. The fourth-order valence-electron chi connectivity index (χ4n) is 4.03. The number of likely N-dealkylation sites (tertiary alicyclic amines) is 1. The maximum absolute atomic E-state index is 14.0. The maximum Gasteiger partial charge on any atom is 0.224 e. The Balaban J connectivity index is 1.44. The van der Waals surface area contributed by atoms with E-state index in [9.17, 15) is 9.18 Å². The van der Waals surface area contributed by atoms with Gasteiger partial charge < -0.3 is 10.2 Å². The number of benzene rings is 2. The van der Waals surface area contributed by atoms with Gasteiger partial charge in [0.1, 0.15) is 5.82 Å². The summed E-state index contributed by atoms with van der Waals surface area (Å²) in [6.07, 6.45) is 3.19.